The minimum Gasteiger partial charge on any atom is -0.340 e. The van der Waals surface area contributed by atoms with Crippen LogP contribution in [0, 0.1) is 0 Å². The van der Waals surface area contributed by atoms with Crippen molar-refractivity contribution in [3.05, 3.63) is 42.0 Å². The first-order valence-corrected chi connectivity index (χ1v) is 7.96. The fourth-order valence-electron chi connectivity index (χ4n) is 2.82. The molecule has 0 unspecified atom stereocenters. The Hall–Kier alpha value is -2.70. The second-order valence-corrected chi connectivity index (χ2v) is 6.30. The third-order valence-electron chi connectivity index (χ3n) is 4.10. The number of amides is 1. The number of imidazole rings is 1. The molecule has 0 bridgehead atoms. The molecule has 7 nitrogen and oxygen atoms in total. The average molecular weight is 327 g/mol. The maximum Gasteiger partial charge on any atom is 0.245 e. The lowest BCUT2D eigenvalue weighted by Gasteiger charge is -2.24. The number of nitrogens with zero attached hydrogens (tertiary/aromatic N) is 5. The van der Waals surface area contributed by atoms with Crippen molar-refractivity contribution in [3.8, 4) is 0 Å². The second-order valence-electron chi connectivity index (χ2n) is 6.30. The molecule has 0 N–H and O–H groups in total. The predicted octanol–water partition coefficient (Wildman–Crippen LogP) is 2.76. The molecule has 1 amide bonds. The highest BCUT2D eigenvalue weighted by Gasteiger charge is 2.22. The average Bonchev–Trinajstić information content (AvgIpc) is 3.21. The van der Waals surface area contributed by atoms with Gasteiger partial charge in [0.2, 0.25) is 5.91 Å². The van der Waals surface area contributed by atoms with E-state index in [4.69, 9.17) is 4.63 Å². The molecule has 2 aromatic heterocycles. The van der Waals surface area contributed by atoms with Crippen molar-refractivity contribution in [3.63, 3.8) is 0 Å². The Morgan fingerprint density at radius 2 is 2.00 bits per heavy atom. The summed E-state index contributed by atoms with van der Waals surface area (Å²) in [5.41, 5.74) is 2.38. The molecule has 0 saturated heterocycles. The number of benzene rings is 1. The zero-order chi connectivity index (χ0) is 17.3. The molecule has 126 valence electrons. The topological polar surface area (TPSA) is 77.0 Å². The highest BCUT2D eigenvalue weighted by molar-refractivity contribution is 5.80. The standard InChI is InChI=1S/C17H21N5O2/c1-11(2)16-18-7-8-22(16)12(3)17(23)21(4)10-13-5-6-14-15(9-13)20-24-19-14/h5-9,11-12H,10H2,1-4H3/t12-/m0/s1. The van der Waals surface area contributed by atoms with Crippen LogP contribution in [0.3, 0.4) is 0 Å². The molecular weight excluding hydrogens is 306 g/mol. The molecule has 3 aromatic rings. The number of hydrogen-bond donors (Lipinski definition) is 0. The van der Waals surface area contributed by atoms with E-state index in [-0.39, 0.29) is 17.9 Å². The number of hydrogen-bond acceptors (Lipinski definition) is 5. The van der Waals surface area contributed by atoms with Gasteiger partial charge in [0.1, 0.15) is 22.9 Å². The highest BCUT2D eigenvalue weighted by atomic mass is 16.6. The molecule has 0 aliphatic carbocycles. The molecule has 0 radical (unpaired) electrons. The first-order valence-electron chi connectivity index (χ1n) is 7.96. The van der Waals surface area contributed by atoms with Crippen molar-refractivity contribution < 1.29 is 9.42 Å². The van der Waals surface area contributed by atoms with Crippen LogP contribution in [0.5, 0.6) is 0 Å². The van der Waals surface area contributed by atoms with Crippen LogP contribution in [0.1, 0.15) is 44.1 Å². The van der Waals surface area contributed by atoms with E-state index in [2.05, 4.69) is 29.1 Å². The van der Waals surface area contributed by atoms with Gasteiger partial charge in [-0.05, 0) is 34.9 Å². The number of fused-ring (bicyclic) bond motifs is 1. The molecule has 0 saturated carbocycles. The van der Waals surface area contributed by atoms with E-state index in [0.717, 1.165) is 11.4 Å². The number of likely N-dealkylation sites (N-methyl/N-ethyl adjacent to an activating group) is 1. The highest BCUT2D eigenvalue weighted by Crippen LogP contribution is 2.20. The van der Waals surface area contributed by atoms with Crippen LogP contribution in [-0.4, -0.2) is 37.7 Å². The molecule has 24 heavy (non-hydrogen) atoms. The maximum absolute atomic E-state index is 12.8. The number of aromatic nitrogens is 4. The summed E-state index contributed by atoms with van der Waals surface area (Å²) in [5, 5.41) is 7.62. The van der Waals surface area contributed by atoms with Gasteiger partial charge in [-0.3, -0.25) is 4.79 Å². The van der Waals surface area contributed by atoms with Gasteiger partial charge in [-0.2, -0.15) is 0 Å². The lowest BCUT2D eigenvalue weighted by molar-refractivity contribution is -0.133. The van der Waals surface area contributed by atoms with Crippen LogP contribution < -0.4 is 0 Å². The molecule has 1 atom stereocenters. The molecule has 3 rings (SSSR count). The predicted molar refractivity (Wildman–Crippen MR) is 89.3 cm³/mol. The van der Waals surface area contributed by atoms with Crippen molar-refractivity contribution in [2.45, 2.75) is 39.3 Å². The van der Waals surface area contributed by atoms with Gasteiger partial charge in [-0.1, -0.05) is 19.9 Å². The second kappa shape index (κ2) is 6.43. The molecule has 0 spiro atoms. The quantitative estimate of drug-likeness (QED) is 0.720. The molecule has 1 aromatic carbocycles. The van der Waals surface area contributed by atoms with Crippen LogP contribution in [-0.2, 0) is 11.3 Å². The summed E-state index contributed by atoms with van der Waals surface area (Å²) >= 11 is 0. The summed E-state index contributed by atoms with van der Waals surface area (Å²) in [7, 11) is 1.80. The van der Waals surface area contributed by atoms with Crippen LogP contribution in [0.4, 0.5) is 0 Å². The molecule has 7 heteroatoms. The summed E-state index contributed by atoms with van der Waals surface area (Å²) in [4.78, 5) is 18.8. The molecule has 0 aliphatic rings. The largest absolute Gasteiger partial charge is 0.340 e. The van der Waals surface area contributed by atoms with Gasteiger partial charge in [0, 0.05) is 31.9 Å². The van der Waals surface area contributed by atoms with E-state index in [0.29, 0.717) is 17.6 Å². The Morgan fingerprint density at radius 3 is 2.75 bits per heavy atom. The molecule has 0 aliphatic heterocycles. The lowest BCUT2D eigenvalue weighted by atomic mass is 10.1. The molecule has 2 heterocycles. The van der Waals surface area contributed by atoms with E-state index in [1.165, 1.54) is 0 Å². The minimum atomic E-state index is -0.299. The van der Waals surface area contributed by atoms with Crippen LogP contribution in [0.15, 0.2) is 35.2 Å². The van der Waals surface area contributed by atoms with Gasteiger partial charge >= 0.3 is 0 Å². The van der Waals surface area contributed by atoms with Crippen molar-refractivity contribution >= 4 is 16.9 Å². The van der Waals surface area contributed by atoms with Crippen molar-refractivity contribution in [2.24, 2.45) is 0 Å². The van der Waals surface area contributed by atoms with Gasteiger partial charge in [-0.15, -0.1) is 0 Å². The Labute approximate surface area is 140 Å². The van der Waals surface area contributed by atoms with Gasteiger partial charge < -0.3 is 9.47 Å². The zero-order valence-corrected chi connectivity index (χ0v) is 14.3. The van der Waals surface area contributed by atoms with Crippen LogP contribution >= 0.6 is 0 Å². The number of rotatable bonds is 5. The smallest absolute Gasteiger partial charge is 0.245 e. The SMILES string of the molecule is CC(C)c1nccn1[C@@H](C)C(=O)N(C)Cc1ccc2nonc2c1. The third kappa shape index (κ3) is 3.02. The van der Waals surface area contributed by atoms with Gasteiger partial charge in [0.25, 0.3) is 0 Å². The van der Waals surface area contributed by atoms with Crippen LogP contribution in [0.2, 0.25) is 0 Å². The Kier molecular flexibility index (Phi) is 4.33. The fourth-order valence-corrected chi connectivity index (χ4v) is 2.82. The fraction of sp³-hybridized carbons (Fsp3) is 0.412. The van der Waals surface area contributed by atoms with E-state index in [1.54, 1.807) is 18.1 Å². The normalized spacial score (nSPS) is 12.7. The van der Waals surface area contributed by atoms with E-state index in [1.807, 2.05) is 35.9 Å². The Bertz CT molecular complexity index is 851. The molecular formula is C17H21N5O2. The van der Waals surface area contributed by atoms with Gasteiger partial charge in [0.15, 0.2) is 0 Å². The van der Waals surface area contributed by atoms with Crippen molar-refractivity contribution in [1.82, 2.24) is 24.8 Å². The lowest BCUT2D eigenvalue weighted by Crippen LogP contribution is -2.33. The first kappa shape index (κ1) is 16.2. The van der Waals surface area contributed by atoms with Crippen molar-refractivity contribution in [2.75, 3.05) is 7.05 Å². The third-order valence-corrected chi connectivity index (χ3v) is 4.10. The van der Waals surface area contributed by atoms with E-state index < -0.39 is 0 Å². The maximum atomic E-state index is 12.8. The Morgan fingerprint density at radius 1 is 1.25 bits per heavy atom. The number of carbonyl (C=O) groups excluding carboxylic acids is 1. The zero-order valence-electron chi connectivity index (χ0n) is 14.3. The summed E-state index contributed by atoms with van der Waals surface area (Å²) in [6.07, 6.45) is 3.60. The summed E-state index contributed by atoms with van der Waals surface area (Å²) in [5.74, 6) is 1.22. The van der Waals surface area contributed by atoms with Crippen molar-refractivity contribution in [1.29, 1.82) is 0 Å². The summed E-state index contributed by atoms with van der Waals surface area (Å²) in [6, 6.07) is 5.36. The van der Waals surface area contributed by atoms with E-state index >= 15 is 0 Å². The monoisotopic (exact) mass is 327 g/mol. The van der Waals surface area contributed by atoms with Gasteiger partial charge in [0.05, 0.1) is 0 Å². The summed E-state index contributed by atoms with van der Waals surface area (Å²) < 4.78 is 6.64. The van der Waals surface area contributed by atoms with E-state index in [9.17, 15) is 4.79 Å². The van der Waals surface area contributed by atoms with Gasteiger partial charge in [-0.25, -0.2) is 9.61 Å². The first-order chi connectivity index (χ1) is 11.5. The van der Waals surface area contributed by atoms with Crippen LogP contribution in [0.25, 0.3) is 11.0 Å². The number of carbonyl (C=O) groups is 1. The minimum absolute atomic E-state index is 0.0354. The Balaban J connectivity index is 1.74. The molecule has 0 fully saturated rings. The summed E-state index contributed by atoms with van der Waals surface area (Å²) in [6.45, 7) is 6.54.